The zero-order valence-corrected chi connectivity index (χ0v) is 7.09. The second-order valence-corrected chi connectivity index (χ2v) is 3.93. The van der Waals surface area contributed by atoms with Gasteiger partial charge >= 0.3 is 0 Å². The quantitative estimate of drug-likeness (QED) is 0.708. The normalized spacial score (nSPS) is 11.1. The fourth-order valence-corrected chi connectivity index (χ4v) is 1.06. The molecule has 1 N–H and O–H groups in total. The number of sulfonamides is 1. The lowest BCUT2D eigenvalue weighted by atomic mass is 10.4. The number of nitrogens with one attached hydrogen (secondary N) is 1. The van der Waals surface area contributed by atoms with Gasteiger partial charge < -0.3 is 4.42 Å². The van der Waals surface area contributed by atoms with Gasteiger partial charge in [-0.15, -0.1) is 0 Å². The first-order chi connectivity index (χ1) is 5.49. The van der Waals surface area contributed by atoms with E-state index in [0.29, 0.717) is 0 Å². The van der Waals surface area contributed by atoms with Crippen molar-refractivity contribution >= 4 is 15.9 Å². The van der Waals surface area contributed by atoms with E-state index in [1.807, 2.05) is 0 Å². The van der Waals surface area contributed by atoms with Crippen LogP contribution in [0.2, 0.25) is 0 Å². The third-order valence-electron chi connectivity index (χ3n) is 1.02. The number of rotatable bonds is 2. The monoisotopic (exact) mass is 189 g/mol. The summed E-state index contributed by atoms with van der Waals surface area (Å²) >= 11 is 0. The lowest BCUT2D eigenvalue weighted by molar-refractivity contribution is 0.0955. The van der Waals surface area contributed by atoms with E-state index < -0.39 is 15.9 Å². The summed E-state index contributed by atoms with van der Waals surface area (Å²) in [7, 11) is -3.51. The molecule has 1 heterocycles. The molecule has 0 unspecified atom stereocenters. The van der Waals surface area contributed by atoms with Crippen molar-refractivity contribution in [3.8, 4) is 0 Å². The van der Waals surface area contributed by atoms with Gasteiger partial charge in [-0.25, -0.2) is 13.1 Å². The van der Waals surface area contributed by atoms with Crippen molar-refractivity contribution in [2.45, 2.75) is 0 Å². The number of carbonyl (C=O) groups is 1. The van der Waals surface area contributed by atoms with Crippen molar-refractivity contribution in [1.82, 2.24) is 4.72 Å². The fraction of sp³-hybridized carbons (Fsp3) is 0.167. The van der Waals surface area contributed by atoms with E-state index in [-0.39, 0.29) is 5.76 Å². The summed E-state index contributed by atoms with van der Waals surface area (Å²) in [4.78, 5) is 10.9. The van der Waals surface area contributed by atoms with Crippen molar-refractivity contribution in [2.24, 2.45) is 0 Å². The van der Waals surface area contributed by atoms with E-state index in [0.717, 1.165) is 6.26 Å². The summed E-state index contributed by atoms with van der Waals surface area (Å²) in [5.41, 5.74) is 0. The van der Waals surface area contributed by atoms with Crippen molar-refractivity contribution in [1.29, 1.82) is 0 Å². The van der Waals surface area contributed by atoms with E-state index >= 15 is 0 Å². The number of carbonyl (C=O) groups excluding carboxylic acids is 1. The average molecular weight is 189 g/mol. The first-order valence-corrected chi connectivity index (χ1v) is 4.94. The minimum absolute atomic E-state index is 0.0274. The van der Waals surface area contributed by atoms with Gasteiger partial charge in [-0.3, -0.25) is 4.79 Å². The van der Waals surface area contributed by atoms with Crippen LogP contribution in [0.5, 0.6) is 0 Å². The van der Waals surface area contributed by atoms with Crippen LogP contribution in [0.25, 0.3) is 0 Å². The summed E-state index contributed by atoms with van der Waals surface area (Å²) in [6.45, 7) is 0. The molecule has 0 aromatic carbocycles. The Morgan fingerprint density at radius 1 is 1.58 bits per heavy atom. The summed E-state index contributed by atoms with van der Waals surface area (Å²) in [5.74, 6) is -0.789. The van der Waals surface area contributed by atoms with Crippen LogP contribution < -0.4 is 4.72 Å². The minimum Gasteiger partial charge on any atom is -0.459 e. The molecule has 0 radical (unpaired) electrons. The van der Waals surface area contributed by atoms with Crippen LogP contribution >= 0.6 is 0 Å². The largest absolute Gasteiger partial charge is 0.459 e. The number of amides is 1. The van der Waals surface area contributed by atoms with Crippen molar-refractivity contribution in [2.75, 3.05) is 6.26 Å². The summed E-state index contributed by atoms with van der Waals surface area (Å²) in [6.07, 6.45) is 2.19. The molecule has 1 rings (SSSR count). The van der Waals surface area contributed by atoms with E-state index in [9.17, 15) is 13.2 Å². The SMILES string of the molecule is CS(=O)(=O)NC(=O)c1ccco1. The van der Waals surface area contributed by atoms with Crippen LogP contribution in [0.15, 0.2) is 22.8 Å². The van der Waals surface area contributed by atoms with Crippen LogP contribution in [0.3, 0.4) is 0 Å². The van der Waals surface area contributed by atoms with Gasteiger partial charge in [0, 0.05) is 0 Å². The van der Waals surface area contributed by atoms with Gasteiger partial charge in [-0.1, -0.05) is 0 Å². The molecule has 1 aromatic rings. The van der Waals surface area contributed by atoms with E-state index in [1.165, 1.54) is 18.4 Å². The van der Waals surface area contributed by atoms with Crippen LogP contribution in [-0.2, 0) is 10.0 Å². The Bertz CT molecular complexity index is 364. The summed E-state index contributed by atoms with van der Waals surface area (Å²) in [6, 6.07) is 2.87. The van der Waals surface area contributed by atoms with Crippen LogP contribution in [0.1, 0.15) is 10.6 Å². The Morgan fingerprint density at radius 3 is 2.67 bits per heavy atom. The summed E-state index contributed by atoms with van der Waals surface area (Å²) in [5, 5.41) is 0. The predicted molar refractivity (Wildman–Crippen MR) is 41.0 cm³/mol. The first kappa shape index (κ1) is 8.79. The molecule has 6 heteroatoms. The molecule has 1 amide bonds. The molecule has 1 aromatic heterocycles. The first-order valence-electron chi connectivity index (χ1n) is 3.04. The highest BCUT2D eigenvalue weighted by Gasteiger charge is 2.12. The molecule has 0 aliphatic rings. The minimum atomic E-state index is -3.51. The van der Waals surface area contributed by atoms with Gasteiger partial charge in [0.25, 0.3) is 5.91 Å². The topological polar surface area (TPSA) is 76.4 Å². The summed E-state index contributed by atoms with van der Waals surface area (Å²) < 4.78 is 27.6. The molecule has 5 nitrogen and oxygen atoms in total. The Labute approximate surface area is 69.4 Å². The molecule has 66 valence electrons. The van der Waals surface area contributed by atoms with Gasteiger partial charge in [0.1, 0.15) is 0 Å². The highest BCUT2D eigenvalue weighted by molar-refractivity contribution is 7.89. The molecule has 0 bridgehead atoms. The number of hydrogen-bond acceptors (Lipinski definition) is 4. The van der Waals surface area contributed by atoms with E-state index in [4.69, 9.17) is 0 Å². The Hall–Kier alpha value is -1.30. The number of hydrogen-bond donors (Lipinski definition) is 1. The molecule has 0 atom stereocenters. The van der Waals surface area contributed by atoms with Crippen LogP contribution in [0, 0.1) is 0 Å². The second-order valence-electron chi connectivity index (χ2n) is 2.18. The third-order valence-corrected chi connectivity index (χ3v) is 1.58. The average Bonchev–Trinajstić information content (AvgIpc) is 2.32. The zero-order chi connectivity index (χ0) is 9.19. The maximum absolute atomic E-state index is 10.9. The number of furan rings is 1. The van der Waals surface area contributed by atoms with Crippen molar-refractivity contribution in [3.05, 3.63) is 24.2 Å². The third kappa shape index (κ3) is 2.39. The lowest BCUT2D eigenvalue weighted by Crippen LogP contribution is -2.28. The van der Waals surface area contributed by atoms with Crippen LogP contribution in [0.4, 0.5) is 0 Å². The van der Waals surface area contributed by atoms with E-state index in [2.05, 4.69) is 4.42 Å². The maximum Gasteiger partial charge on any atom is 0.300 e. The molecule has 0 aliphatic carbocycles. The van der Waals surface area contributed by atoms with Crippen LogP contribution in [-0.4, -0.2) is 20.6 Å². The standard InChI is InChI=1S/C6H7NO4S/c1-12(9,10)7-6(8)5-3-2-4-11-5/h2-4H,1H3,(H,7,8). The maximum atomic E-state index is 10.9. The van der Waals surface area contributed by atoms with Gasteiger partial charge in [0.2, 0.25) is 10.0 Å². The van der Waals surface area contributed by atoms with Crippen molar-refractivity contribution in [3.63, 3.8) is 0 Å². The highest BCUT2D eigenvalue weighted by atomic mass is 32.2. The Morgan fingerprint density at radius 2 is 2.25 bits per heavy atom. The Balaban J connectivity index is 2.76. The van der Waals surface area contributed by atoms with Gasteiger partial charge in [0.05, 0.1) is 12.5 Å². The highest BCUT2D eigenvalue weighted by Crippen LogP contribution is 1.99. The van der Waals surface area contributed by atoms with Gasteiger partial charge in [-0.05, 0) is 12.1 Å². The fourth-order valence-electron chi connectivity index (χ4n) is 0.626. The predicted octanol–water partition coefficient (Wildman–Crippen LogP) is -0.0310. The Kier molecular flexibility index (Phi) is 2.18. The molecule has 0 fully saturated rings. The lowest BCUT2D eigenvalue weighted by Gasteiger charge is -1.97. The second kappa shape index (κ2) is 2.98. The van der Waals surface area contributed by atoms with Gasteiger partial charge in [-0.2, -0.15) is 0 Å². The smallest absolute Gasteiger partial charge is 0.300 e. The van der Waals surface area contributed by atoms with E-state index in [1.54, 1.807) is 4.72 Å². The molecular formula is C6H7NO4S. The molecular weight excluding hydrogens is 182 g/mol. The van der Waals surface area contributed by atoms with Crippen molar-refractivity contribution < 1.29 is 17.6 Å². The molecule has 0 spiro atoms. The molecule has 0 saturated carbocycles. The van der Waals surface area contributed by atoms with Gasteiger partial charge in [0.15, 0.2) is 5.76 Å². The molecule has 12 heavy (non-hydrogen) atoms. The zero-order valence-electron chi connectivity index (χ0n) is 6.27. The molecule has 0 aliphatic heterocycles. The molecule has 0 saturated heterocycles.